The van der Waals surface area contributed by atoms with Crippen molar-refractivity contribution in [2.75, 3.05) is 7.05 Å². The third-order valence-electron chi connectivity index (χ3n) is 4.06. The Kier molecular flexibility index (Phi) is 4.93. The van der Waals surface area contributed by atoms with Crippen molar-refractivity contribution in [2.24, 2.45) is 5.84 Å². The highest BCUT2D eigenvalue weighted by Gasteiger charge is 2.30. The molecule has 1 amide bonds. The van der Waals surface area contributed by atoms with Crippen LogP contribution >= 0.6 is 0 Å². The molecule has 2 rings (SSSR count). The van der Waals surface area contributed by atoms with Gasteiger partial charge in [0.05, 0.1) is 0 Å². The summed E-state index contributed by atoms with van der Waals surface area (Å²) >= 11 is 0. The van der Waals surface area contributed by atoms with Gasteiger partial charge < -0.3 is 0 Å². The Morgan fingerprint density at radius 2 is 1.89 bits per heavy atom. The SMILES string of the molecule is CN(C1CCCCC1)C(C(=O)NN)c1ccccc1. The van der Waals surface area contributed by atoms with E-state index in [0.717, 1.165) is 18.4 Å². The zero-order valence-corrected chi connectivity index (χ0v) is 11.5. The summed E-state index contributed by atoms with van der Waals surface area (Å²) < 4.78 is 0. The van der Waals surface area contributed by atoms with Crippen LogP contribution in [-0.4, -0.2) is 23.9 Å². The van der Waals surface area contributed by atoms with Crippen LogP contribution in [0.5, 0.6) is 0 Å². The number of hydrogen-bond donors (Lipinski definition) is 2. The molecule has 0 aromatic heterocycles. The second kappa shape index (κ2) is 6.68. The molecule has 1 aromatic carbocycles. The van der Waals surface area contributed by atoms with Gasteiger partial charge in [-0.3, -0.25) is 15.1 Å². The number of amides is 1. The minimum absolute atomic E-state index is 0.140. The highest BCUT2D eigenvalue weighted by Crippen LogP contribution is 2.28. The first-order valence-electron chi connectivity index (χ1n) is 7.01. The van der Waals surface area contributed by atoms with E-state index in [-0.39, 0.29) is 11.9 Å². The van der Waals surface area contributed by atoms with Crippen LogP contribution in [0.4, 0.5) is 0 Å². The van der Waals surface area contributed by atoms with Crippen LogP contribution in [0, 0.1) is 0 Å². The van der Waals surface area contributed by atoms with Crippen molar-refractivity contribution in [2.45, 2.75) is 44.2 Å². The standard InChI is InChI=1S/C15H23N3O/c1-18(13-10-6-3-7-11-13)14(15(19)17-16)12-8-4-2-5-9-12/h2,4-5,8-9,13-14H,3,6-7,10-11,16H2,1H3,(H,17,19). The highest BCUT2D eigenvalue weighted by molar-refractivity contribution is 5.82. The quantitative estimate of drug-likeness (QED) is 0.495. The molecule has 0 saturated heterocycles. The van der Waals surface area contributed by atoms with Crippen molar-refractivity contribution in [3.63, 3.8) is 0 Å². The van der Waals surface area contributed by atoms with E-state index < -0.39 is 0 Å². The predicted molar refractivity (Wildman–Crippen MR) is 76.1 cm³/mol. The number of likely N-dealkylation sites (N-methyl/N-ethyl adjacent to an activating group) is 1. The van der Waals surface area contributed by atoms with Crippen molar-refractivity contribution in [1.29, 1.82) is 0 Å². The smallest absolute Gasteiger partial charge is 0.255 e. The summed E-state index contributed by atoms with van der Waals surface area (Å²) in [6.07, 6.45) is 6.14. The third kappa shape index (κ3) is 3.33. The number of rotatable bonds is 4. The normalized spacial score (nSPS) is 18.3. The van der Waals surface area contributed by atoms with Crippen molar-refractivity contribution in [3.8, 4) is 0 Å². The summed E-state index contributed by atoms with van der Waals surface area (Å²) in [5.41, 5.74) is 3.30. The van der Waals surface area contributed by atoms with Gasteiger partial charge in [-0.05, 0) is 25.5 Å². The summed E-state index contributed by atoms with van der Waals surface area (Å²) in [6.45, 7) is 0. The Morgan fingerprint density at radius 3 is 2.47 bits per heavy atom. The van der Waals surface area contributed by atoms with E-state index in [1.54, 1.807) is 0 Å². The van der Waals surface area contributed by atoms with Gasteiger partial charge in [0, 0.05) is 6.04 Å². The molecule has 3 N–H and O–H groups in total. The van der Waals surface area contributed by atoms with Gasteiger partial charge >= 0.3 is 0 Å². The Balaban J connectivity index is 2.19. The summed E-state index contributed by atoms with van der Waals surface area (Å²) in [5.74, 6) is 5.21. The van der Waals surface area contributed by atoms with Crippen LogP contribution in [-0.2, 0) is 4.79 Å². The topological polar surface area (TPSA) is 58.4 Å². The molecule has 1 aliphatic carbocycles. The number of benzene rings is 1. The lowest BCUT2D eigenvalue weighted by Gasteiger charge is -2.36. The molecule has 4 heteroatoms. The van der Waals surface area contributed by atoms with E-state index in [4.69, 9.17) is 5.84 Å². The molecular weight excluding hydrogens is 238 g/mol. The number of hydrazine groups is 1. The first kappa shape index (κ1) is 14.0. The van der Waals surface area contributed by atoms with Crippen LogP contribution in [0.25, 0.3) is 0 Å². The lowest BCUT2D eigenvalue weighted by Crippen LogP contribution is -2.46. The van der Waals surface area contributed by atoms with Gasteiger partial charge in [0.1, 0.15) is 6.04 Å². The van der Waals surface area contributed by atoms with Crippen LogP contribution in [0.3, 0.4) is 0 Å². The second-order valence-electron chi connectivity index (χ2n) is 5.28. The molecule has 0 radical (unpaired) electrons. The minimum atomic E-state index is -0.297. The first-order valence-corrected chi connectivity index (χ1v) is 7.01. The van der Waals surface area contributed by atoms with Gasteiger partial charge in [0.15, 0.2) is 0 Å². The summed E-state index contributed by atoms with van der Waals surface area (Å²) in [5, 5.41) is 0. The van der Waals surface area contributed by atoms with Crippen molar-refractivity contribution < 1.29 is 4.79 Å². The molecule has 0 spiro atoms. The van der Waals surface area contributed by atoms with Gasteiger partial charge in [-0.2, -0.15) is 0 Å². The van der Waals surface area contributed by atoms with Gasteiger partial charge in [-0.25, -0.2) is 5.84 Å². The molecular formula is C15H23N3O. The molecule has 0 aliphatic heterocycles. The number of hydrogen-bond acceptors (Lipinski definition) is 3. The van der Waals surface area contributed by atoms with E-state index >= 15 is 0 Å². The van der Waals surface area contributed by atoms with Crippen LogP contribution in [0.2, 0.25) is 0 Å². The Hall–Kier alpha value is -1.39. The predicted octanol–water partition coefficient (Wildman–Crippen LogP) is 1.98. The van der Waals surface area contributed by atoms with Crippen molar-refractivity contribution in [1.82, 2.24) is 10.3 Å². The molecule has 4 nitrogen and oxygen atoms in total. The molecule has 1 fully saturated rings. The fourth-order valence-electron chi connectivity index (χ4n) is 2.98. The number of carbonyl (C=O) groups excluding carboxylic acids is 1. The average Bonchev–Trinajstić information content (AvgIpc) is 2.49. The monoisotopic (exact) mass is 261 g/mol. The van der Waals surface area contributed by atoms with Crippen LogP contribution in [0.15, 0.2) is 30.3 Å². The number of nitrogens with two attached hydrogens (primary N) is 1. The third-order valence-corrected chi connectivity index (χ3v) is 4.06. The van der Waals surface area contributed by atoms with Gasteiger partial charge in [0.25, 0.3) is 5.91 Å². The van der Waals surface area contributed by atoms with E-state index in [2.05, 4.69) is 10.3 Å². The summed E-state index contributed by atoms with van der Waals surface area (Å²) in [7, 11) is 2.03. The lowest BCUT2D eigenvalue weighted by molar-refractivity contribution is -0.127. The molecule has 0 bridgehead atoms. The molecule has 1 aliphatic rings. The van der Waals surface area contributed by atoms with E-state index in [9.17, 15) is 4.79 Å². The lowest BCUT2D eigenvalue weighted by atomic mass is 9.92. The minimum Gasteiger partial charge on any atom is -0.293 e. The highest BCUT2D eigenvalue weighted by atomic mass is 16.2. The van der Waals surface area contributed by atoms with E-state index in [1.807, 2.05) is 37.4 Å². The fraction of sp³-hybridized carbons (Fsp3) is 0.533. The Labute approximate surface area is 114 Å². The molecule has 1 aromatic rings. The van der Waals surface area contributed by atoms with Gasteiger partial charge in [-0.1, -0.05) is 49.6 Å². The van der Waals surface area contributed by atoms with Gasteiger partial charge in [0.2, 0.25) is 0 Å². The molecule has 1 atom stereocenters. The van der Waals surface area contributed by atoms with Crippen molar-refractivity contribution >= 4 is 5.91 Å². The molecule has 1 unspecified atom stereocenters. The average molecular weight is 261 g/mol. The van der Waals surface area contributed by atoms with Gasteiger partial charge in [-0.15, -0.1) is 0 Å². The van der Waals surface area contributed by atoms with E-state index in [0.29, 0.717) is 6.04 Å². The number of nitrogens with one attached hydrogen (secondary N) is 1. The molecule has 104 valence electrons. The first-order chi connectivity index (χ1) is 9.24. The Bertz CT molecular complexity index is 401. The Morgan fingerprint density at radius 1 is 1.26 bits per heavy atom. The van der Waals surface area contributed by atoms with E-state index in [1.165, 1.54) is 19.3 Å². The zero-order chi connectivity index (χ0) is 13.7. The largest absolute Gasteiger partial charge is 0.293 e. The van der Waals surface area contributed by atoms with Crippen LogP contribution < -0.4 is 11.3 Å². The van der Waals surface area contributed by atoms with Crippen molar-refractivity contribution in [3.05, 3.63) is 35.9 Å². The molecule has 0 heterocycles. The second-order valence-corrected chi connectivity index (χ2v) is 5.28. The maximum absolute atomic E-state index is 12.1. The molecule has 19 heavy (non-hydrogen) atoms. The summed E-state index contributed by atoms with van der Waals surface area (Å²) in [6, 6.07) is 10.0. The fourth-order valence-corrected chi connectivity index (χ4v) is 2.98. The number of carbonyl (C=O) groups is 1. The maximum Gasteiger partial charge on any atom is 0.255 e. The number of nitrogens with zero attached hydrogens (tertiary/aromatic N) is 1. The molecule has 1 saturated carbocycles. The maximum atomic E-state index is 12.1. The zero-order valence-electron chi connectivity index (χ0n) is 11.5. The summed E-state index contributed by atoms with van der Waals surface area (Å²) in [4.78, 5) is 14.3. The van der Waals surface area contributed by atoms with Crippen LogP contribution in [0.1, 0.15) is 43.7 Å².